The first kappa shape index (κ1) is 18.4. The lowest BCUT2D eigenvalue weighted by Gasteiger charge is -2.10. The van der Waals surface area contributed by atoms with E-state index in [9.17, 15) is 4.79 Å². The van der Waals surface area contributed by atoms with Crippen molar-refractivity contribution in [2.24, 2.45) is 0 Å². The number of amides is 1. The summed E-state index contributed by atoms with van der Waals surface area (Å²) >= 11 is 1.30. The molecule has 1 amide bonds. The van der Waals surface area contributed by atoms with Gasteiger partial charge in [0.25, 0.3) is 0 Å². The minimum atomic E-state index is -0.364. The van der Waals surface area contributed by atoms with Gasteiger partial charge in [0.15, 0.2) is 17.3 Å². The second-order valence-corrected chi connectivity index (χ2v) is 7.64. The molecule has 0 saturated heterocycles. The number of H-pyrrole nitrogens is 1. The number of carbonyl (C=O) groups is 1. The number of nitrogens with zero attached hydrogens (tertiary/aromatic N) is 2. The lowest BCUT2D eigenvalue weighted by atomic mass is 10.1. The van der Waals surface area contributed by atoms with Crippen LogP contribution in [0.5, 0.6) is 11.5 Å². The molecule has 2 aromatic carbocycles. The van der Waals surface area contributed by atoms with E-state index in [1.54, 1.807) is 18.2 Å². The molecule has 2 heterocycles. The Hall–Kier alpha value is -3.00. The topological polar surface area (TPSA) is 89.1 Å². The van der Waals surface area contributed by atoms with E-state index in [2.05, 4.69) is 39.6 Å². The Morgan fingerprint density at radius 1 is 1.21 bits per heavy atom. The van der Waals surface area contributed by atoms with E-state index in [1.165, 1.54) is 17.3 Å². The largest absolute Gasteiger partial charge is 0.454 e. The van der Waals surface area contributed by atoms with Crippen LogP contribution in [0, 0.1) is 0 Å². The number of hydrogen-bond donors (Lipinski definition) is 2. The van der Waals surface area contributed by atoms with Crippen molar-refractivity contribution in [3.8, 4) is 22.9 Å². The third-order valence-corrected chi connectivity index (χ3v) is 5.35. The lowest BCUT2D eigenvalue weighted by molar-refractivity contribution is -0.115. The van der Waals surface area contributed by atoms with Gasteiger partial charge in [-0.1, -0.05) is 43.0 Å². The van der Waals surface area contributed by atoms with Gasteiger partial charge in [-0.3, -0.25) is 9.89 Å². The van der Waals surface area contributed by atoms with Crippen molar-refractivity contribution in [1.29, 1.82) is 0 Å². The number of fused-ring (bicyclic) bond motifs is 1. The van der Waals surface area contributed by atoms with Gasteiger partial charge in [0.05, 0.1) is 5.25 Å². The average molecular weight is 396 g/mol. The number of carbonyl (C=O) groups excluding carboxylic acids is 1. The molecule has 1 atom stereocenters. The molecule has 0 spiro atoms. The van der Waals surface area contributed by atoms with Crippen LogP contribution in [0.4, 0.5) is 5.69 Å². The smallest absolute Gasteiger partial charge is 0.237 e. The van der Waals surface area contributed by atoms with Crippen LogP contribution in [0.25, 0.3) is 11.4 Å². The number of aromatic nitrogens is 3. The van der Waals surface area contributed by atoms with Crippen LogP contribution >= 0.6 is 11.8 Å². The van der Waals surface area contributed by atoms with Crippen molar-refractivity contribution in [1.82, 2.24) is 15.2 Å². The summed E-state index contributed by atoms with van der Waals surface area (Å²) in [5, 5.41) is 10.2. The Morgan fingerprint density at radius 2 is 2.00 bits per heavy atom. The molecule has 1 aliphatic heterocycles. The van der Waals surface area contributed by atoms with Crippen LogP contribution in [-0.2, 0) is 11.2 Å². The molecule has 0 fully saturated rings. The predicted molar refractivity (Wildman–Crippen MR) is 108 cm³/mol. The van der Waals surface area contributed by atoms with Crippen molar-refractivity contribution in [2.45, 2.75) is 30.7 Å². The van der Waals surface area contributed by atoms with Gasteiger partial charge in [-0.05, 0) is 31.0 Å². The van der Waals surface area contributed by atoms with Crippen molar-refractivity contribution in [3.63, 3.8) is 0 Å². The van der Waals surface area contributed by atoms with Crippen LogP contribution in [-0.4, -0.2) is 33.1 Å². The average Bonchev–Trinajstić information content (AvgIpc) is 3.37. The zero-order chi connectivity index (χ0) is 19.5. The maximum atomic E-state index is 12.5. The fourth-order valence-electron chi connectivity index (χ4n) is 2.76. The summed E-state index contributed by atoms with van der Waals surface area (Å²) in [6.07, 6.45) is 0.994. The second kappa shape index (κ2) is 7.93. The van der Waals surface area contributed by atoms with Crippen LogP contribution in [0.15, 0.2) is 47.6 Å². The number of aromatic amines is 1. The Morgan fingerprint density at radius 3 is 2.79 bits per heavy atom. The third kappa shape index (κ3) is 3.96. The fourth-order valence-corrected chi connectivity index (χ4v) is 3.48. The van der Waals surface area contributed by atoms with Crippen LogP contribution in [0.3, 0.4) is 0 Å². The summed E-state index contributed by atoms with van der Waals surface area (Å²) < 4.78 is 10.6. The second-order valence-electron chi connectivity index (χ2n) is 6.33. The van der Waals surface area contributed by atoms with Gasteiger partial charge in [-0.25, -0.2) is 4.98 Å². The number of aryl methyl sites for hydroxylation is 1. The van der Waals surface area contributed by atoms with Crippen molar-refractivity contribution in [3.05, 3.63) is 48.0 Å². The van der Waals surface area contributed by atoms with Crippen LogP contribution in [0.1, 0.15) is 19.4 Å². The standard InChI is InChI=1S/C20H20N4O3S/c1-3-13-4-6-14(7-5-13)18-22-20(24-23-18)28-12(2)19(25)21-15-8-9-16-17(10-15)27-11-26-16/h4-10,12H,3,11H2,1-2H3,(H,21,25)(H,22,23,24). The molecule has 0 radical (unpaired) electrons. The lowest BCUT2D eigenvalue weighted by Crippen LogP contribution is -2.22. The van der Waals surface area contributed by atoms with E-state index in [-0.39, 0.29) is 18.0 Å². The van der Waals surface area contributed by atoms with E-state index in [0.29, 0.717) is 28.2 Å². The molecule has 2 N–H and O–H groups in total. The number of ether oxygens (including phenoxy) is 2. The minimum Gasteiger partial charge on any atom is -0.454 e. The zero-order valence-corrected chi connectivity index (χ0v) is 16.4. The summed E-state index contributed by atoms with van der Waals surface area (Å²) in [6.45, 7) is 4.14. The highest BCUT2D eigenvalue weighted by Gasteiger charge is 2.19. The number of benzene rings is 2. The number of thioether (sulfide) groups is 1. The van der Waals surface area contributed by atoms with Crippen molar-refractivity contribution >= 4 is 23.4 Å². The first-order chi connectivity index (χ1) is 13.6. The molecule has 7 nitrogen and oxygen atoms in total. The number of nitrogens with one attached hydrogen (secondary N) is 2. The highest BCUT2D eigenvalue weighted by atomic mass is 32.2. The molecular weight excluding hydrogens is 376 g/mol. The minimum absolute atomic E-state index is 0.137. The molecular formula is C20H20N4O3S. The quantitative estimate of drug-likeness (QED) is 0.615. The molecule has 0 bridgehead atoms. The summed E-state index contributed by atoms with van der Waals surface area (Å²) in [7, 11) is 0. The fraction of sp³-hybridized carbons (Fsp3) is 0.250. The molecule has 4 rings (SSSR count). The maximum absolute atomic E-state index is 12.5. The maximum Gasteiger partial charge on any atom is 0.237 e. The highest BCUT2D eigenvalue weighted by Crippen LogP contribution is 2.34. The van der Waals surface area contributed by atoms with Crippen LogP contribution in [0.2, 0.25) is 0 Å². The Bertz CT molecular complexity index is 987. The molecule has 3 aromatic rings. The van der Waals surface area contributed by atoms with Gasteiger partial charge in [0, 0.05) is 17.3 Å². The van der Waals surface area contributed by atoms with Crippen molar-refractivity contribution < 1.29 is 14.3 Å². The predicted octanol–water partition coefficient (Wildman–Crippen LogP) is 3.88. The van der Waals surface area contributed by atoms with Gasteiger partial charge in [-0.15, -0.1) is 5.10 Å². The Balaban J connectivity index is 1.38. The Kier molecular flexibility index (Phi) is 5.21. The number of hydrogen-bond acceptors (Lipinski definition) is 6. The van der Waals surface area contributed by atoms with Crippen molar-refractivity contribution in [2.75, 3.05) is 12.1 Å². The van der Waals surface area contributed by atoms with Gasteiger partial charge < -0.3 is 14.8 Å². The third-order valence-electron chi connectivity index (χ3n) is 4.39. The monoisotopic (exact) mass is 396 g/mol. The zero-order valence-electron chi connectivity index (χ0n) is 15.6. The first-order valence-electron chi connectivity index (χ1n) is 9.01. The van der Waals surface area contributed by atoms with E-state index < -0.39 is 0 Å². The summed E-state index contributed by atoms with van der Waals surface area (Å²) in [4.78, 5) is 17.0. The molecule has 28 heavy (non-hydrogen) atoms. The molecule has 0 aliphatic carbocycles. The van der Waals surface area contributed by atoms with E-state index >= 15 is 0 Å². The van der Waals surface area contributed by atoms with Gasteiger partial charge in [0.2, 0.25) is 17.9 Å². The normalized spacial score (nSPS) is 13.4. The number of anilines is 1. The SMILES string of the molecule is CCc1ccc(-c2nc(SC(C)C(=O)Nc3ccc4c(c3)OCO4)n[nH]2)cc1. The van der Waals surface area contributed by atoms with E-state index in [4.69, 9.17) is 9.47 Å². The molecule has 1 aliphatic rings. The van der Waals surface area contributed by atoms with E-state index in [1.807, 2.05) is 19.1 Å². The Labute approximate surface area is 166 Å². The highest BCUT2D eigenvalue weighted by molar-refractivity contribution is 8.00. The molecule has 1 unspecified atom stereocenters. The van der Waals surface area contributed by atoms with Gasteiger partial charge >= 0.3 is 0 Å². The molecule has 144 valence electrons. The number of rotatable bonds is 6. The first-order valence-corrected chi connectivity index (χ1v) is 9.89. The molecule has 8 heteroatoms. The summed E-state index contributed by atoms with van der Waals surface area (Å²) in [5.74, 6) is 1.86. The van der Waals surface area contributed by atoms with E-state index in [0.717, 1.165) is 12.0 Å². The van der Waals surface area contributed by atoms with Crippen LogP contribution < -0.4 is 14.8 Å². The van der Waals surface area contributed by atoms with Gasteiger partial charge in [0.1, 0.15) is 0 Å². The summed E-state index contributed by atoms with van der Waals surface area (Å²) in [6, 6.07) is 13.5. The molecule has 0 saturated carbocycles. The summed E-state index contributed by atoms with van der Waals surface area (Å²) in [5.41, 5.74) is 2.90. The van der Waals surface area contributed by atoms with Gasteiger partial charge in [-0.2, -0.15) is 0 Å². The molecule has 1 aromatic heterocycles.